The van der Waals surface area contributed by atoms with Crippen LogP contribution >= 0.6 is 0 Å². The van der Waals surface area contributed by atoms with Crippen LogP contribution in [0, 0.1) is 11.7 Å². The second-order valence-corrected chi connectivity index (χ2v) is 7.89. The van der Waals surface area contributed by atoms with Gasteiger partial charge in [0.05, 0.1) is 5.92 Å². The second kappa shape index (κ2) is 6.43. The molecule has 1 atom stereocenters. The first-order chi connectivity index (χ1) is 12.1. The standard InChI is InChI=1S/C20H25FN2O2/c21-16-5-3-15(4-6-16)20(9-1-2-10-20)13-22-19(25)14-11-18(24)23(12-14)17-7-8-17/h3-6,14,17H,1-2,7-13H2,(H,22,25)/t14-/m1/s1. The molecular weight excluding hydrogens is 319 g/mol. The van der Waals surface area contributed by atoms with Gasteiger partial charge in [-0.15, -0.1) is 0 Å². The van der Waals surface area contributed by atoms with Crippen LogP contribution in [-0.4, -0.2) is 35.8 Å². The molecule has 0 aromatic heterocycles. The van der Waals surface area contributed by atoms with Gasteiger partial charge in [0.25, 0.3) is 0 Å². The van der Waals surface area contributed by atoms with Crippen molar-refractivity contribution in [3.8, 4) is 0 Å². The monoisotopic (exact) mass is 344 g/mol. The number of amides is 2. The lowest BCUT2D eigenvalue weighted by Crippen LogP contribution is -2.42. The molecule has 134 valence electrons. The number of likely N-dealkylation sites (tertiary alicyclic amines) is 1. The molecule has 0 bridgehead atoms. The average molecular weight is 344 g/mol. The summed E-state index contributed by atoms with van der Waals surface area (Å²) in [5, 5.41) is 3.11. The van der Waals surface area contributed by atoms with Gasteiger partial charge < -0.3 is 10.2 Å². The maximum Gasteiger partial charge on any atom is 0.225 e. The number of hydrogen-bond acceptors (Lipinski definition) is 2. The summed E-state index contributed by atoms with van der Waals surface area (Å²) >= 11 is 0. The van der Waals surface area contributed by atoms with Crippen molar-refractivity contribution in [1.29, 1.82) is 0 Å². The quantitative estimate of drug-likeness (QED) is 0.893. The first kappa shape index (κ1) is 16.6. The number of carbonyl (C=O) groups is 2. The van der Waals surface area contributed by atoms with Crippen molar-refractivity contribution in [2.45, 2.75) is 56.4 Å². The fraction of sp³-hybridized carbons (Fsp3) is 0.600. The summed E-state index contributed by atoms with van der Waals surface area (Å²) in [4.78, 5) is 26.6. The fourth-order valence-electron chi connectivity index (χ4n) is 4.47. The van der Waals surface area contributed by atoms with Crippen LogP contribution in [0.15, 0.2) is 24.3 Å². The van der Waals surface area contributed by atoms with E-state index >= 15 is 0 Å². The number of nitrogens with one attached hydrogen (secondary N) is 1. The zero-order valence-corrected chi connectivity index (χ0v) is 14.5. The Morgan fingerprint density at radius 2 is 1.88 bits per heavy atom. The normalized spacial score (nSPS) is 25.4. The number of nitrogens with zero attached hydrogens (tertiary/aromatic N) is 1. The highest BCUT2D eigenvalue weighted by Crippen LogP contribution is 2.41. The summed E-state index contributed by atoms with van der Waals surface area (Å²) in [7, 11) is 0. The Labute approximate surface area is 147 Å². The smallest absolute Gasteiger partial charge is 0.225 e. The van der Waals surface area contributed by atoms with Crippen LogP contribution in [0.2, 0.25) is 0 Å². The topological polar surface area (TPSA) is 49.4 Å². The van der Waals surface area contributed by atoms with Crippen LogP contribution in [0.1, 0.15) is 50.5 Å². The van der Waals surface area contributed by atoms with E-state index in [1.165, 1.54) is 12.1 Å². The van der Waals surface area contributed by atoms with Gasteiger partial charge in [0, 0.05) is 31.0 Å². The van der Waals surface area contributed by atoms with Gasteiger partial charge in [0.2, 0.25) is 11.8 Å². The lowest BCUT2D eigenvalue weighted by molar-refractivity contribution is -0.129. The van der Waals surface area contributed by atoms with Crippen molar-refractivity contribution < 1.29 is 14.0 Å². The second-order valence-electron chi connectivity index (χ2n) is 7.89. The van der Waals surface area contributed by atoms with E-state index in [-0.39, 0.29) is 29.0 Å². The predicted molar refractivity (Wildman–Crippen MR) is 92.4 cm³/mol. The van der Waals surface area contributed by atoms with E-state index in [9.17, 15) is 14.0 Å². The van der Waals surface area contributed by atoms with Gasteiger partial charge in [-0.2, -0.15) is 0 Å². The largest absolute Gasteiger partial charge is 0.355 e. The van der Waals surface area contributed by atoms with E-state index in [2.05, 4.69) is 5.32 Å². The van der Waals surface area contributed by atoms with Crippen LogP contribution in [0.25, 0.3) is 0 Å². The van der Waals surface area contributed by atoms with Gasteiger partial charge in [-0.05, 0) is 43.4 Å². The Balaban J connectivity index is 1.41. The average Bonchev–Trinajstić information content (AvgIpc) is 3.20. The fourth-order valence-corrected chi connectivity index (χ4v) is 4.47. The molecule has 3 aliphatic rings. The molecule has 2 amide bonds. The molecule has 25 heavy (non-hydrogen) atoms. The van der Waals surface area contributed by atoms with Crippen molar-refractivity contribution in [2.75, 3.05) is 13.1 Å². The Bertz CT molecular complexity index is 663. The maximum atomic E-state index is 13.3. The number of carbonyl (C=O) groups excluding carboxylic acids is 2. The number of hydrogen-bond donors (Lipinski definition) is 1. The zero-order chi connectivity index (χ0) is 17.4. The Hall–Kier alpha value is -1.91. The molecule has 1 heterocycles. The van der Waals surface area contributed by atoms with Crippen molar-refractivity contribution in [3.63, 3.8) is 0 Å². The molecular formula is C20H25FN2O2. The number of halogens is 1. The zero-order valence-electron chi connectivity index (χ0n) is 14.5. The molecule has 2 aliphatic carbocycles. The molecule has 2 saturated carbocycles. The molecule has 1 aromatic rings. The van der Waals surface area contributed by atoms with Gasteiger partial charge >= 0.3 is 0 Å². The molecule has 1 saturated heterocycles. The highest BCUT2D eigenvalue weighted by Gasteiger charge is 2.42. The SMILES string of the molecule is O=C(NCC1(c2ccc(F)cc2)CCCC1)[C@@H]1CC(=O)N(C2CC2)C1. The van der Waals surface area contributed by atoms with Crippen LogP contribution in [0.4, 0.5) is 4.39 Å². The maximum absolute atomic E-state index is 13.3. The van der Waals surface area contributed by atoms with Crippen LogP contribution in [-0.2, 0) is 15.0 Å². The molecule has 1 aromatic carbocycles. The summed E-state index contributed by atoms with van der Waals surface area (Å²) in [6, 6.07) is 7.08. The minimum atomic E-state index is -0.231. The number of rotatable bonds is 5. The first-order valence-corrected chi connectivity index (χ1v) is 9.41. The van der Waals surface area contributed by atoms with Crippen molar-refractivity contribution >= 4 is 11.8 Å². The molecule has 1 aliphatic heterocycles. The van der Waals surface area contributed by atoms with Gasteiger partial charge in [-0.1, -0.05) is 25.0 Å². The van der Waals surface area contributed by atoms with E-state index in [4.69, 9.17) is 0 Å². The summed E-state index contributed by atoms with van der Waals surface area (Å²) in [6.07, 6.45) is 6.77. The molecule has 0 radical (unpaired) electrons. The van der Waals surface area contributed by atoms with Gasteiger partial charge in [0.15, 0.2) is 0 Å². The third-order valence-electron chi connectivity index (χ3n) is 6.14. The van der Waals surface area contributed by atoms with Gasteiger partial charge in [-0.3, -0.25) is 9.59 Å². The lowest BCUT2D eigenvalue weighted by atomic mass is 9.78. The Morgan fingerprint density at radius 1 is 1.20 bits per heavy atom. The molecule has 0 spiro atoms. The lowest BCUT2D eigenvalue weighted by Gasteiger charge is -2.30. The summed E-state index contributed by atoms with van der Waals surface area (Å²) in [5.74, 6) is -0.341. The van der Waals surface area contributed by atoms with Gasteiger partial charge in [0.1, 0.15) is 5.82 Å². The van der Waals surface area contributed by atoms with Crippen molar-refractivity contribution in [1.82, 2.24) is 10.2 Å². The Kier molecular flexibility index (Phi) is 4.26. The Morgan fingerprint density at radius 3 is 2.52 bits per heavy atom. The molecule has 4 rings (SSSR count). The minimum absolute atomic E-state index is 0.00936. The molecule has 5 heteroatoms. The highest BCUT2D eigenvalue weighted by molar-refractivity contribution is 5.89. The van der Waals surface area contributed by atoms with Crippen molar-refractivity contribution in [3.05, 3.63) is 35.6 Å². The van der Waals surface area contributed by atoms with E-state index in [0.29, 0.717) is 25.6 Å². The highest BCUT2D eigenvalue weighted by atomic mass is 19.1. The van der Waals surface area contributed by atoms with E-state index in [1.807, 2.05) is 17.0 Å². The molecule has 4 nitrogen and oxygen atoms in total. The third kappa shape index (κ3) is 3.29. The summed E-state index contributed by atoms with van der Waals surface area (Å²) < 4.78 is 13.3. The molecule has 0 unspecified atom stereocenters. The van der Waals surface area contributed by atoms with Crippen LogP contribution in [0.3, 0.4) is 0 Å². The van der Waals surface area contributed by atoms with E-state index in [0.717, 1.165) is 44.1 Å². The number of benzene rings is 1. The van der Waals surface area contributed by atoms with Crippen LogP contribution in [0.5, 0.6) is 0 Å². The van der Waals surface area contributed by atoms with E-state index in [1.54, 1.807) is 0 Å². The van der Waals surface area contributed by atoms with Crippen molar-refractivity contribution in [2.24, 2.45) is 5.92 Å². The first-order valence-electron chi connectivity index (χ1n) is 9.41. The molecule has 3 fully saturated rings. The molecule has 1 N–H and O–H groups in total. The van der Waals surface area contributed by atoms with E-state index < -0.39 is 0 Å². The van der Waals surface area contributed by atoms with Crippen LogP contribution < -0.4 is 5.32 Å². The summed E-state index contributed by atoms with van der Waals surface area (Å²) in [6.45, 7) is 1.14. The predicted octanol–water partition coefficient (Wildman–Crippen LogP) is 2.76. The summed E-state index contributed by atoms with van der Waals surface area (Å²) in [5.41, 5.74) is 1.01. The third-order valence-corrected chi connectivity index (χ3v) is 6.14. The van der Waals surface area contributed by atoms with Gasteiger partial charge in [-0.25, -0.2) is 4.39 Å². The minimum Gasteiger partial charge on any atom is -0.355 e.